The number of methoxy groups -OCH3 is 1. The highest BCUT2D eigenvalue weighted by Crippen LogP contribution is 2.42. The molecule has 0 aromatic rings. The average molecular weight is 158 g/mol. The lowest BCUT2D eigenvalue weighted by molar-refractivity contribution is -0.110. The van der Waals surface area contributed by atoms with Gasteiger partial charge in [0.25, 0.3) is 0 Å². The van der Waals surface area contributed by atoms with E-state index in [-0.39, 0.29) is 12.7 Å². The fourth-order valence-electron chi connectivity index (χ4n) is 1.48. The summed E-state index contributed by atoms with van der Waals surface area (Å²) in [5.41, 5.74) is 0. The summed E-state index contributed by atoms with van der Waals surface area (Å²) in [5.74, 6) is 0.787. The fourth-order valence-corrected chi connectivity index (χ4v) is 1.48. The van der Waals surface area contributed by atoms with Crippen molar-refractivity contribution >= 4 is 6.29 Å². The van der Waals surface area contributed by atoms with Gasteiger partial charge in [-0.05, 0) is 18.3 Å². The summed E-state index contributed by atoms with van der Waals surface area (Å²) in [6, 6.07) is 0. The standard InChI is InChI=1S/C8H14O3/c1-11-8(2-3-9)7-4-6(7)5-10/h3,6-8,10H,2,4-5H2,1H3/t6-,7+,8-/m0/s1. The molecule has 1 rings (SSSR count). The number of ether oxygens (including phenoxy) is 1. The maximum atomic E-state index is 10.2. The van der Waals surface area contributed by atoms with Gasteiger partial charge in [-0.2, -0.15) is 0 Å². The Balaban J connectivity index is 2.27. The monoisotopic (exact) mass is 158 g/mol. The maximum absolute atomic E-state index is 10.2. The SMILES string of the molecule is CO[C@@H](CC=O)[C@@H]1C[C@H]1CO. The van der Waals surface area contributed by atoms with Gasteiger partial charge < -0.3 is 14.6 Å². The highest BCUT2D eigenvalue weighted by molar-refractivity contribution is 5.50. The fraction of sp³-hybridized carbons (Fsp3) is 0.875. The smallest absolute Gasteiger partial charge is 0.122 e. The zero-order valence-electron chi connectivity index (χ0n) is 6.69. The van der Waals surface area contributed by atoms with E-state index in [0.717, 1.165) is 12.7 Å². The molecule has 1 saturated carbocycles. The number of aliphatic hydroxyl groups excluding tert-OH is 1. The number of hydrogen-bond donors (Lipinski definition) is 1. The Hall–Kier alpha value is -0.410. The molecule has 3 nitrogen and oxygen atoms in total. The lowest BCUT2D eigenvalue weighted by Gasteiger charge is -2.10. The second-order valence-corrected chi connectivity index (χ2v) is 3.02. The van der Waals surface area contributed by atoms with Gasteiger partial charge in [-0.3, -0.25) is 0 Å². The van der Waals surface area contributed by atoms with E-state index in [1.807, 2.05) is 0 Å². The van der Waals surface area contributed by atoms with E-state index in [0.29, 0.717) is 18.3 Å². The van der Waals surface area contributed by atoms with Crippen molar-refractivity contribution in [3.05, 3.63) is 0 Å². The third-order valence-corrected chi connectivity index (χ3v) is 2.32. The maximum Gasteiger partial charge on any atom is 0.122 e. The number of rotatable bonds is 5. The van der Waals surface area contributed by atoms with Crippen LogP contribution in [0.5, 0.6) is 0 Å². The van der Waals surface area contributed by atoms with Crippen LogP contribution in [0.4, 0.5) is 0 Å². The van der Waals surface area contributed by atoms with Crippen molar-refractivity contribution in [2.24, 2.45) is 11.8 Å². The molecular formula is C8H14O3. The molecule has 0 spiro atoms. The Morgan fingerprint density at radius 3 is 2.91 bits per heavy atom. The van der Waals surface area contributed by atoms with Crippen LogP contribution in [0.25, 0.3) is 0 Å². The topological polar surface area (TPSA) is 46.5 Å². The van der Waals surface area contributed by atoms with Crippen LogP contribution in [0.15, 0.2) is 0 Å². The second kappa shape index (κ2) is 3.83. The van der Waals surface area contributed by atoms with Crippen LogP contribution in [-0.4, -0.2) is 31.2 Å². The molecule has 1 N–H and O–H groups in total. The molecule has 0 aromatic carbocycles. The van der Waals surface area contributed by atoms with E-state index in [4.69, 9.17) is 9.84 Å². The predicted molar refractivity (Wildman–Crippen MR) is 40.2 cm³/mol. The van der Waals surface area contributed by atoms with Gasteiger partial charge in [0.1, 0.15) is 6.29 Å². The quantitative estimate of drug-likeness (QED) is 0.582. The van der Waals surface area contributed by atoms with Crippen LogP contribution in [0.3, 0.4) is 0 Å². The summed E-state index contributed by atoms with van der Waals surface area (Å²) < 4.78 is 5.10. The van der Waals surface area contributed by atoms with Crippen molar-refractivity contribution < 1.29 is 14.6 Å². The van der Waals surface area contributed by atoms with Gasteiger partial charge in [0.05, 0.1) is 6.10 Å². The van der Waals surface area contributed by atoms with Gasteiger partial charge >= 0.3 is 0 Å². The first-order valence-electron chi connectivity index (χ1n) is 3.90. The zero-order valence-corrected chi connectivity index (χ0v) is 6.69. The summed E-state index contributed by atoms with van der Waals surface area (Å²) in [6.45, 7) is 0.226. The van der Waals surface area contributed by atoms with Gasteiger partial charge in [0, 0.05) is 20.1 Å². The minimum Gasteiger partial charge on any atom is -0.396 e. The molecule has 1 aliphatic carbocycles. The molecule has 0 heterocycles. The van der Waals surface area contributed by atoms with Crippen LogP contribution in [0.1, 0.15) is 12.8 Å². The van der Waals surface area contributed by atoms with E-state index in [1.54, 1.807) is 7.11 Å². The average Bonchev–Trinajstić information content (AvgIpc) is 2.79. The molecule has 0 saturated heterocycles. The molecule has 11 heavy (non-hydrogen) atoms. The Morgan fingerprint density at radius 2 is 2.55 bits per heavy atom. The number of aliphatic hydroxyl groups is 1. The third kappa shape index (κ3) is 2.01. The van der Waals surface area contributed by atoms with Crippen LogP contribution in [0, 0.1) is 11.8 Å². The van der Waals surface area contributed by atoms with Crippen LogP contribution in [0.2, 0.25) is 0 Å². The minimum atomic E-state index is 0.0321. The molecule has 1 aliphatic rings. The van der Waals surface area contributed by atoms with Crippen molar-refractivity contribution in [3.8, 4) is 0 Å². The van der Waals surface area contributed by atoms with Crippen molar-refractivity contribution in [1.82, 2.24) is 0 Å². The van der Waals surface area contributed by atoms with E-state index in [1.165, 1.54) is 0 Å². The lowest BCUT2D eigenvalue weighted by atomic mass is 10.1. The number of carbonyl (C=O) groups is 1. The Kier molecular flexibility index (Phi) is 3.02. The summed E-state index contributed by atoms with van der Waals surface area (Å²) in [6.07, 6.45) is 2.37. The van der Waals surface area contributed by atoms with Crippen LogP contribution >= 0.6 is 0 Å². The molecule has 0 radical (unpaired) electrons. The molecular weight excluding hydrogens is 144 g/mol. The van der Waals surface area contributed by atoms with Crippen molar-refractivity contribution in [2.45, 2.75) is 18.9 Å². The summed E-state index contributed by atoms with van der Waals surface area (Å²) >= 11 is 0. The third-order valence-electron chi connectivity index (χ3n) is 2.32. The normalized spacial score (nSPS) is 31.5. The zero-order chi connectivity index (χ0) is 8.27. The number of carbonyl (C=O) groups excluding carboxylic acids is 1. The summed E-state index contributed by atoms with van der Waals surface area (Å²) in [7, 11) is 1.61. The van der Waals surface area contributed by atoms with Crippen molar-refractivity contribution in [3.63, 3.8) is 0 Å². The molecule has 0 amide bonds. The van der Waals surface area contributed by atoms with E-state index in [9.17, 15) is 4.79 Å². The summed E-state index contributed by atoms with van der Waals surface area (Å²) in [5, 5.41) is 8.75. The first-order valence-corrected chi connectivity index (χ1v) is 3.90. The largest absolute Gasteiger partial charge is 0.396 e. The molecule has 3 heteroatoms. The van der Waals surface area contributed by atoms with E-state index < -0.39 is 0 Å². The van der Waals surface area contributed by atoms with Gasteiger partial charge in [-0.25, -0.2) is 0 Å². The molecule has 0 aliphatic heterocycles. The van der Waals surface area contributed by atoms with Crippen molar-refractivity contribution in [2.75, 3.05) is 13.7 Å². The highest BCUT2D eigenvalue weighted by atomic mass is 16.5. The molecule has 0 bridgehead atoms. The number of hydrogen-bond acceptors (Lipinski definition) is 3. The molecule has 64 valence electrons. The predicted octanol–water partition coefficient (Wildman–Crippen LogP) is 0.219. The van der Waals surface area contributed by atoms with Crippen molar-refractivity contribution in [1.29, 1.82) is 0 Å². The van der Waals surface area contributed by atoms with Gasteiger partial charge in [0.2, 0.25) is 0 Å². The molecule has 0 unspecified atom stereocenters. The van der Waals surface area contributed by atoms with Crippen LogP contribution < -0.4 is 0 Å². The Morgan fingerprint density at radius 1 is 1.82 bits per heavy atom. The van der Waals surface area contributed by atoms with Crippen LogP contribution in [-0.2, 0) is 9.53 Å². The second-order valence-electron chi connectivity index (χ2n) is 3.02. The van der Waals surface area contributed by atoms with E-state index >= 15 is 0 Å². The lowest BCUT2D eigenvalue weighted by Crippen LogP contribution is -2.15. The van der Waals surface area contributed by atoms with E-state index in [2.05, 4.69) is 0 Å². The highest BCUT2D eigenvalue weighted by Gasteiger charge is 2.42. The Bertz CT molecular complexity index is 135. The van der Waals surface area contributed by atoms with Gasteiger partial charge in [-0.1, -0.05) is 0 Å². The first kappa shape index (κ1) is 8.68. The minimum absolute atomic E-state index is 0.0321. The molecule has 0 aromatic heterocycles. The molecule has 1 fully saturated rings. The first-order chi connectivity index (χ1) is 5.33. The Labute approximate surface area is 66.4 Å². The van der Waals surface area contributed by atoms with Gasteiger partial charge in [0.15, 0.2) is 0 Å². The molecule has 3 atom stereocenters. The van der Waals surface area contributed by atoms with Gasteiger partial charge in [-0.15, -0.1) is 0 Å². The number of aldehydes is 1. The summed E-state index contributed by atoms with van der Waals surface area (Å²) in [4.78, 5) is 10.2.